The third kappa shape index (κ3) is 5.12. The number of carbonyl (C=O) groups is 1. The van der Waals surface area contributed by atoms with Gasteiger partial charge in [-0.15, -0.1) is 0 Å². The van der Waals surface area contributed by atoms with E-state index in [0.29, 0.717) is 19.6 Å². The molecule has 1 N–H and O–H groups in total. The highest BCUT2D eigenvalue weighted by molar-refractivity contribution is 5.70. The van der Waals surface area contributed by atoms with Gasteiger partial charge < -0.3 is 9.84 Å². The van der Waals surface area contributed by atoms with Crippen LogP contribution in [-0.2, 0) is 11.4 Å². The average Bonchev–Trinajstić information content (AvgIpc) is 2.81. The Balaban J connectivity index is 1.68. The van der Waals surface area contributed by atoms with Crippen LogP contribution in [0.5, 0.6) is 5.75 Å². The van der Waals surface area contributed by atoms with Gasteiger partial charge in [0.1, 0.15) is 12.4 Å². The molecule has 160 valence electrons. The van der Waals surface area contributed by atoms with Gasteiger partial charge in [0.25, 0.3) is 0 Å². The van der Waals surface area contributed by atoms with Gasteiger partial charge in [0.2, 0.25) is 0 Å². The van der Waals surface area contributed by atoms with E-state index in [2.05, 4.69) is 17.0 Å². The molecule has 0 amide bonds. The summed E-state index contributed by atoms with van der Waals surface area (Å²) >= 11 is 0. The van der Waals surface area contributed by atoms with Gasteiger partial charge in [-0.25, -0.2) is 0 Å². The molecule has 1 aliphatic heterocycles. The van der Waals surface area contributed by atoms with Gasteiger partial charge in [-0.3, -0.25) is 14.7 Å². The molecule has 2 aromatic carbocycles. The van der Waals surface area contributed by atoms with Crippen molar-refractivity contribution in [3.8, 4) is 5.75 Å². The summed E-state index contributed by atoms with van der Waals surface area (Å²) in [6.07, 6.45) is 3.44. The number of carboxylic acid groups (broad SMARTS) is 1. The van der Waals surface area contributed by atoms with E-state index in [4.69, 9.17) is 9.72 Å². The van der Waals surface area contributed by atoms with E-state index in [1.54, 1.807) is 0 Å². The molecular formula is C26H28N2O3. The quantitative estimate of drug-likeness (QED) is 0.596. The van der Waals surface area contributed by atoms with Crippen LogP contribution >= 0.6 is 0 Å². The summed E-state index contributed by atoms with van der Waals surface area (Å²) in [5.41, 5.74) is 4.12. The second kappa shape index (κ2) is 9.75. The lowest BCUT2D eigenvalue weighted by Crippen LogP contribution is -2.41. The van der Waals surface area contributed by atoms with E-state index in [1.165, 1.54) is 0 Å². The second-order valence-corrected chi connectivity index (χ2v) is 8.15. The molecule has 2 unspecified atom stereocenters. The van der Waals surface area contributed by atoms with Crippen molar-refractivity contribution in [3.05, 3.63) is 95.3 Å². The normalized spacial score (nSPS) is 17.8. The molecule has 1 aromatic heterocycles. The Morgan fingerprint density at radius 1 is 1.13 bits per heavy atom. The van der Waals surface area contributed by atoms with Crippen LogP contribution in [0.3, 0.4) is 0 Å². The van der Waals surface area contributed by atoms with Gasteiger partial charge >= 0.3 is 5.97 Å². The average molecular weight is 417 g/mol. The molecule has 2 heterocycles. The Morgan fingerprint density at radius 3 is 2.65 bits per heavy atom. The molecular weight excluding hydrogens is 388 g/mol. The molecule has 2 atom stereocenters. The van der Waals surface area contributed by atoms with Crippen LogP contribution in [0.4, 0.5) is 0 Å². The number of para-hydroxylation sites is 1. The second-order valence-electron chi connectivity index (χ2n) is 8.15. The minimum atomic E-state index is -0.728. The number of benzene rings is 2. The standard InChI is InChI=1S/C26H28N2O3/c1-19-13-14-23(27-16-19)25(28-15-7-10-21(17-28)26(29)30)22-11-5-6-12-24(22)31-18-20-8-3-2-4-9-20/h2-6,8-9,11-14,16,21,25H,7,10,15,17-18H2,1H3,(H,29,30). The summed E-state index contributed by atoms with van der Waals surface area (Å²) in [6.45, 7) is 3.83. The van der Waals surface area contributed by atoms with Gasteiger partial charge in [-0.2, -0.15) is 0 Å². The number of likely N-dealkylation sites (tertiary alicyclic amines) is 1. The first-order valence-corrected chi connectivity index (χ1v) is 10.8. The fourth-order valence-corrected chi connectivity index (χ4v) is 4.20. The zero-order valence-corrected chi connectivity index (χ0v) is 17.8. The molecule has 0 saturated carbocycles. The largest absolute Gasteiger partial charge is 0.489 e. The van der Waals surface area contributed by atoms with Crippen LogP contribution in [0, 0.1) is 12.8 Å². The Hall–Kier alpha value is -3.18. The van der Waals surface area contributed by atoms with Crippen molar-refractivity contribution in [2.75, 3.05) is 13.1 Å². The number of hydrogen-bond donors (Lipinski definition) is 1. The number of piperidine rings is 1. The van der Waals surface area contributed by atoms with E-state index in [-0.39, 0.29) is 12.0 Å². The number of aliphatic carboxylic acids is 1. The Morgan fingerprint density at radius 2 is 1.90 bits per heavy atom. The highest BCUT2D eigenvalue weighted by Gasteiger charge is 2.33. The van der Waals surface area contributed by atoms with Crippen molar-refractivity contribution in [2.24, 2.45) is 5.92 Å². The summed E-state index contributed by atoms with van der Waals surface area (Å²) in [5, 5.41) is 9.61. The molecule has 1 saturated heterocycles. The lowest BCUT2D eigenvalue weighted by atomic mass is 9.93. The van der Waals surface area contributed by atoms with Gasteiger partial charge in [0, 0.05) is 18.3 Å². The number of nitrogens with zero attached hydrogens (tertiary/aromatic N) is 2. The Bertz CT molecular complexity index is 1000. The molecule has 31 heavy (non-hydrogen) atoms. The zero-order valence-electron chi connectivity index (χ0n) is 17.8. The van der Waals surface area contributed by atoms with E-state index >= 15 is 0 Å². The van der Waals surface area contributed by atoms with Crippen molar-refractivity contribution in [1.82, 2.24) is 9.88 Å². The smallest absolute Gasteiger partial charge is 0.307 e. The van der Waals surface area contributed by atoms with Crippen LogP contribution in [-0.4, -0.2) is 34.0 Å². The highest BCUT2D eigenvalue weighted by Crippen LogP contribution is 2.36. The first-order valence-electron chi connectivity index (χ1n) is 10.8. The van der Waals surface area contributed by atoms with Gasteiger partial charge in [0.15, 0.2) is 0 Å². The Kier molecular flexibility index (Phi) is 6.63. The van der Waals surface area contributed by atoms with E-state index in [0.717, 1.165) is 41.1 Å². The van der Waals surface area contributed by atoms with E-state index < -0.39 is 5.97 Å². The van der Waals surface area contributed by atoms with Crippen molar-refractivity contribution < 1.29 is 14.6 Å². The van der Waals surface area contributed by atoms with Crippen LogP contribution in [0.2, 0.25) is 0 Å². The number of aromatic nitrogens is 1. The molecule has 5 heteroatoms. The van der Waals surface area contributed by atoms with Crippen LogP contribution in [0.15, 0.2) is 72.9 Å². The van der Waals surface area contributed by atoms with Crippen molar-refractivity contribution in [3.63, 3.8) is 0 Å². The molecule has 0 aliphatic carbocycles. The summed E-state index contributed by atoms with van der Waals surface area (Å²) in [7, 11) is 0. The molecule has 3 aromatic rings. The highest BCUT2D eigenvalue weighted by atomic mass is 16.5. The maximum absolute atomic E-state index is 11.7. The van der Waals surface area contributed by atoms with Crippen LogP contribution < -0.4 is 4.74 Å². The molecule has 0 radical (unpaired) electrons. The molecule has 0 spiro atoms. The number of pyridine rings is 1. The lowest BCUT2D eigenvalue weighted by Gasteiger charge is -2.37. The van der Waals surface area contributed by atoms with Crippen LogP contribution in [0.25, 0.3) is 0 Å². The van der Waals surface area contributed by atoms with Gasteiger partial charge in [-0.05, 0) is 49.6 Å². The fourth-order valence-electron chi connectivity index (χ4n) is 4.20. The first-order chi connectivity index (χ1) is 15.1. The van der Waals surface area contributed by atoms with Crippen molar-refractivity contribution >= 4 is 5.97 Å². The monoisotopic (exact) mass is 416 g/mol. The lowest BCUT2D eigenvalue weighted by molar-refractivity contribution is -0.143. The van der Waals surface area contributed by atoms with Gasteiger partial charge in [0.05, 0.1) is 17.7 Å². The SMILES string of the molecule is Cc1ccc(C(c2ccccc2OCc2ccccc2)N2CCCC(C(=O)O)C2)nc1. The Labute approximate surface area is 183 Å². The minimum absolute atomic E-state index is 0.158. The minimum Gasteiger partial charge on any atom is -0.489 e. The van der Waals surface area contributed by atoms with E-state index in [1.807, 2.05) is 67.7 Å². The van der Waals surface area contributed by atoms with Crippen LogP contribution in [0.1, 0.15) is 41.3 Å². The van der Waals surface area contributed by atoms with E-state index in [9.17, 15) is 9.90 Å². The third-order valence-corrected chi connectivity index (χ3v) is 5.83. The van der Waals surface area contributed by atoms with Crippen molar-refractivity contribution in [2.45, 2.75) is 32.4 Å². The zero-order chi connectivity index (χ0) is 21.6. The molecule has 0 bridgehead atoms. The molecule has 1 aliphatic rings. The van der Waals surface area contributed by atoms with Crippen molar-refractivity contribution in [1.29, 1.82) is 0 Å². The molecule has 1 fully saturated rings. The summed E-state index contributed by atoms with van der Waals surface area (Å²) in [4.78, 5) is 18.7. The maximum atomic E-state index is 11.7. The first kappa shape index (κ1) is 21.1. The molecule has 4 rings (SSSR count). The van der Waals surface area contributed by atoms with Gasteiger partial charge in [-0.1, -0.05) is 54.6 Å². The number of ether oxygens (including phenoxy) is 1. The summed E-state index contributed by atoms with van der Waals surface area (Å²) in [6, 6.07) is 22.1. The molecule has 5 nitrogen and oxygen atoms in total. The third-order valence-electron chi connectivity index (χ3n) is 5.83. The number of hydrogen-bond acceptors (Lipinski definition) is 4. The topological polar surface area (TPSA) is 62.7 Å². The summed E-state index contributed by atoms with van der Waals surface area (Å²) < 4.78 is 6.24. The predicted octanol–water partition coefficient (Wildman–Crippen LogP) is 4.86. The maximum Gasteiger partial charge on any atom is 0.307 e. The number of carboxylic acids is 1. The number of rotatable bonds is 7. The predicted molar refractivity (Wildman–Crippen MR) is 120 cm³/mol. The summed E-state index contributed by atoms with van der Waals surface area (Å²) in [5.74, 6) is -0.288. The number of aryl methyl sites for hydroxylation is 1. The fraction of sp³-hybridized carbons (Fsp3) is 0.308.